The molecule has 0 N–H and O–H groups in total. The molecule has 110 valence electrons. The maximum atomic E-state index is 13.7. The van der Waals surface area contributed by atoms with E-state index in [0.717, 1.165) is 25.3 Å². The molecule has 1 aliphatic heterocycles. The molecule has 1 aromatic carbocycles. The first-order valence-corrected chi connectivity index (χ1v) is 8.34. The third-order valence-corrected chi connectivity index (χ3v) is 4.49. The Kier molecular flexibility index (Phi) is 4.29. The highest BCUT2D eigenvalue weighted by Gasteiger charge is 2.26. The third kappa shape index (κ3) is 3.09. The first-order valence-electron chi connectivity index (χ1n) is 6.03. The summed E-state index contributed by atoms with van der Waals surface area (Å²) >= 11 is 0. The van der Waals surface area contributed by atoms with Crippen molar-refractivity contribution < 1.29 is 22.0 Å². The molecule has 2 rings (SSSR count). The summed E-state index contributed by atoms with van der Waals surface area (Å²) in [5.74, 6) is -3.49. The molecule has 8 heteroatoms. The highest BCUT2D eigenvalue weighted by Crippen LogP contribution is 2.23. The summed E-state index contributed by atoms with van der Waals surface area (Å²) in [7, 11) is 0.870. The molecule has 0 aliphatic carbocycles. The monoisotopic (exact) mass is 323 g/mol. The molecular weight excluding hydrogens is 312 g/mol. The van der Waals surface area contributed by atoms with Crippen molar-refractivity contribution in [3.63, 3.8) is 0 Å². The number of nitrogens with zero attached hydrogens (tertiary/aromatic N) is 1. The molecule has 0 bridgehead atoms. The van der Waals surface area contributed by atoms with Crippen LogP contribution in [0.5, 0.6) is 0 Å². The number of hydrogen-bond donors (Lipinski definition) is 0. The summed E-state index contributed by atoms with van der Waals surface area (Å²) in [4.78, 5) is 12.9. The van der Waals surface area contributed by atoms with Gasteiger partial charge >= 0.3 is 0 Å². The lowest BCUT2D eigenvalue weighted by Gasteiger charge is -2.27. The van der Waals surface area contributed by atoms with E-state index in [4.69, 9.17) is 10.7 Å². The summed E-state index contributed by atoms with van der Waals surface area (Å²) < 4.78 is 49.5. The fourth-order valence-corrected chi connectivity index (χ4v) is 2.90. The van der Waals surface area contributed by atoms with Gasteiger partial charge in [0.1, 0.15) is 0 Å². The summed E-state index contributed by atoms with van der Waals surface area (Å²) in [5.41, 5.74) is -0.605. The summed E-state index contributed by atoms with van der Waals surface area (Å²) in [5, 5.41) is 0. The van der Waals surface area contributed by atoms with Crippen LogP contribution in [-0.2, 0) is 9.05 Å². The van der Waals surface area contributed by atoms with Gasteiger partial charge in [0.25, 0.3) is 15.0 Å². The Labute approximate surface area is 119 Å². The van der Waals surface area contributed by atoms with Gasteiger partial charge in [0.15, 0.2) is 11.6 Å². The molecular formula is C12H12ClF2NO3S. The van der Waals surface area contributed by atoms with Crippen LogP contribution in [0, 0.1) is 11.6 Å². The van der Waals surface area contributed by atoms with E-state index in [1.165, 1.54) is 4.90 Å². The smallest absolute Gasteiger partial charge is 0.261 e. The molecule has 0 unspecified atom stereocenters. The Bertz CT molecular complexity index is 642. The van der Waals surface area contributed by atoms with Crippen LogP contribution >= 0.6 is 10.7 Å². The fraction of sp³-hybridized carbons (Fsp3) is 0.417. The molecule has 1 heterocycles. The van der Waals surface area contributed by atoms with Gasteiger partial charge in [0.2, 0.25) is 0 Å². The van der Waals surface area contributed by atoms with Gasteiger partial charge in [-0.2, -0.15) is 0 Å². The van der Waals surface area contributed by atoms with Crippen LogP contribution in [0.1, 0.15) is 29.6 Å². The van der Waals surface area contributed by atoms with Crippen molar-refractivity contribution in [2.45, 2.75) is 24.2 Å². The molecule has 0 aromatic heterocycles. The van der Waals surface area contributed by atoms with E-state index in [2.05, 4.69) is 0 Å². The quantitative estimate of drug-likeness (QED) is 0.786. The van der Waals surface area contributed by atoms with E-state index >= 15 is 0 Å². The van der Waals surface area contributed by atoms with Crippen LogP contribution in [0.15, 0.2) is 17.0 Å². The Morgan fingerprint density at radius 3 is 2.30 bits per heavy atom. The van der Waals surface area contributed by atoms with Crippen molar-refractivity contribution >= 4 is 25.6 Å². The van der Waals surface area contributed by atoms with E-state index in [0.29, 0.717) is 19.2 Å². The van der Waals surface area contributed by atoms with Crippen molar-refractivity contribution in [2.75, 3.05) is 13.1 Å². The summed E-state index contributed by atoms with van der Waals surface area (Å²) in [6, 6.07) is 1.24. The first kappa shape index (κ1) is 15.2. The average molecular weight is 324 g/mol. The predicted octanol–water partition coefficient (Wildman–Crippen LogP) is 2.52. The maximum Gasteiger partial charge on any atom is 0.261 e. The van der Waals surface area contributed by atoms with Crippen molar-refractivity contribution in [2.24, 2.45) is 0 Å². The number of piperidine rings is 1. The van der Waals surface area contributed by atoms with Gasteiger partial charge in [-0.15, -0.1) is 0 Å². The molecule has 1 amide bonds. The summed E-state index contributed by atoms with van der Waals surface area (Å²) in [6.07, 6.45) is 2.53. The van der Waals surface area contributed by atoms with Crippen LogP contribution in [0.4, 0.5) is 8.78 Å². The van der Waals surface area contributed by atoms with Crippen LogP contribution in [0.2, 0.25) is 0 Å². The molecule has 1 saturated heterocycles. The molecule has 1 fully saturated rings. The number of carbonyl (C=O) groups excluding carboxylic acids is 1. The topological polar surface area (TPSA) is 54.5 Å². The van der Waals surface area contributed by atoms with Crippen LogP contribution in [0.3, 0.4) is 0 Å². The SMILES string of the molecule is O=C(c1cc(S(=O)(=O)Cl)cc(F)c1F)N1CCCCC1. The van der Waals surface area contributed by atoms with E-state index in [1.54, 1.807) is 0 Å². The molecule has 0 saturated carbocycles. The Morgan fingerprint density at radius 2 is 1.75 bits per heavy atom. The van der Waals surface area contributed by atoms with Gasteiger partial charge in [0.05, 0.1) is 10.5 Å². The lowest BCUT2D eigenvalue weighted by molar-refractivity contribution is 0.0718. The molecule has 1 aromatic rings. The first-order chi connectivity index (χ1) is 9.30. The minimum absolute atomic E-state index is 0.442. The fourth-order valence-electron chi connectivity index (χ4n) is 2.13. The second-order valence-corrected chi connectivity index (χ2v) is 7.12. The van der Waals surface area contributed by atoms with Gasteiger partial charge in [0, 0.05) is 23.8 Å². The highest BCUT2D eigenvalue weighted by atomic mass is 35.7. The zero-order chi connectivity index (χ0) is 14.9. The second kappa shape index (κ2) is 5.65. The van der Waals surface area contributed by atoms with Crippen molar-refractivity contribution in [3.05, 3.63) is 29.3 Å². The number of hydrogen-bond acceptors (Lipinski definition) is 3. The van der Waals surface area contributed by atoms with Crippen LogP contribution < -0.4 is 0 Å². The van der Waals surface area contributed by atoms with E-state index in [-0.39, 0.29) is 0 Å². The van der Waals surface area contributed by atoms with E-state index < -0.39 is 37.1 Å². The van der Waals surface area contributed by atoms with Gasteiger partial charge in [-0.1, -0.05) is 0 Å². The molecule has 20 heavy (non-hydrogen) atoms. The minimum Gasteiger partial charge on any atom is -0.339 e. The number of carbonyl (C=O) groups is 1. The van der Waals surface area contributed by atoms with E-state index in [9.17, 15) is 22.0 Å². The zero-order valence-electron chi connectivity index (χ0n) is 10.4. The Hall–Kier alpha value is -1.21. The molecule has 0 radical (unpaired) electrons. The van der Waals surface area contributed by atoms with Gasteiger partial charge in [-0.25, -0.2) is 17.2 Å². The summed E-state index contributed by atoms with van der Waals surface area (Å²) in [6.45, 7) is 0.884. The normalized spacial score (nSPS) is 16.2. The maximum absolute atomic E-state index is 13.7. The average Bonchev–Trinajstić information content (AvgIpc) is 2.40. The number of halogens is 3. The lowest BCUT2D eigenvalue weighted by atomic mass is 10.1. The predicted molar refractivity (Wildman–Crippen MR) is 69.2 cm³/mol. The highest BCUT2D eigenvalue weighted by molar-refractivity contribution is 8.13. The van der Waals surface area contributed by atoms with E-state index in [1.807, 2.05) is 0 Å². The zero-order valence-corrected chi connectivity index (χ0v) is 12.0. The lowest BCUT2D eigenvalue weighted by Crippen LogP contribution is -2.36. The second-order valence-electron chi connectivity index (χ2n) is 4.56. The van der Waals surface area contributed by atoms with Crippen molar-refractivity contribution in [3.8, 4) is 0 Å². The molecule has 1 aliphatic rings. The van der Waals surface area contributed by atoms with Crippen LogP contribution in [0.25, 0.3) is 0 Å². The minimum atomic E-state index is -4.23. The molecule has 0 spiro atoms. The Morgan fingerprint density at radius 1 is 1.15 bits per heavy atom. The molecule has 4 nitrogen and oxygen atoms in total. The van der Waals surface area contributed by atoms with Gasteiger partial charge in [-0.3, -0.25) is 4.79 Å². The number of likely N-dealkylation sites (tertiary alicyclic amines) is 1. The largest absolute Gasteiger partial charge is 0.339 e. The Balaban J connectivity index is 2.44. The van der Waals surface area contributed by atoms with Gasteiger partial charge < -0.3 is 4.90 Å². The van der Waals surface area contributed by atoms with Crippen molar-refractivity contribution in [1.82, 2.24) is 4.90 Å². The van der Waals surface area contributed by atoms with Gasteiger partial charge in [-0.05, 0) is 31.4 Å². The third-order valence-electron chi connectivity index (χ3n) is 3.16. The van der Waals surface area contributed by atoms with Crippen molar-refractivity contribution in [1.29, 1.82) is 0 Å². The number of rotatable bonds is 2. The number of benzene rings is 1. The van der Waals surface area contributed by atoms with Crippen LogP contribution in [-0.4, -0.2) is 32.3 Å². The molecule has 0 atom stereocenters. The number of amides is 1. The standard InChI is InChI=1S/C12H12ClF2NO3S/c13-20(18,19)8-6-9(11(15)10(14)7-8)12(17)16-4-2-1-3-5-16/h6-7H,1-5H2.